The van der Waals surface area contributed by atoms with Crippen LogP contribution in [0.3, 0.4) is 0 Å². The highest BCUT2D eigenvalue weighted by Crippen LogP contribution is 2.71. The fourth-order valence-electron chi connectivity index (χ4n) is 31.0. The van der Waals surface area contributed by atoms with Crippen molar-refractivity contribution >= 4 is 88.9 Å². The van der Waals surface area contributed by atoms with E-state index < -0.39 is 0 Å². The molecule has 6 aliphatic carbocycles. The molecular weight excluding hydrogens is 1730 g/mol. The van der Waals surface area contributed by atoms with Crippen molar-refractivity contribution in [3.05, 3.63) is 265 Å². The summed E-state index contributed by atoms with van der Waals surface area (Å²) in [4.78, 5) is 19.9. The molecule has 0 saturated heterocycles. The van der Waals surface area contributed by atoms with E-state index in [-0.39, 0.29) is 49.4 Å². The number of benzene rings is 5. The maximum atomic E-state index is 5.11. The molecule has 15 aromatic rings. The highest BCUT2D eigenvalue weighted by Gasteiger charge is 2.68. The van der Waals surface area contributed by atoms with Gasteiger partial charge in [-0.1, -0.05) is 248 Å². The molecule has 6 saturated carbocycles. The molecule has 5 aromatic carbocycles. The third-order valence-electron chi connectivity index (χ3n) is 38.6. The molecule has 7 aliphatic heterocycles. The number of imidazole rings is 1. The van der Waals surface area contributed by atoms with Gasteiger partial charge in [0.15, 0.2) is 4.96 Å². The Morgan fingerprint density at radius 2 is 0.650 bits per heavy atom. The van der Waals surface area contributed by atoms with Crippen molar-refractivity contribution in [1.82, 2.24) is 45.9 Å². The number of rotatable bonds is 3. The van der Waals surface area contributed by atoms with E-state index in [9.17, 15) is 0 Å². The van der Waals surface area contributed by atoms with E-state index in [4.69, 9.17) is 4.98 Å². The van der Waals surface area contributed by atoms with Crippen molar-refractivity contribution in [2.75, 3.05) is 24.5 Å². The number of fused-ring (bicyclic) bond motifs is 25. The predicted octanol–water partition coefficient (Wildman–Crippen LogP) is 30.9. The molecule has 28 rings (SSSR count). The number of hydrogen-bond donors (Lipinski definition) is 0. The van der Waals surface area contributed by atoms with Gasteiger partial charge in [-0.25, -0.2) is 4.98 Å². The van der Waals surface area contributed by atoms with Gasteiger partial charge in [0.05, 0.1) is 113 Å². The van der Waals surface area contributed by atoms with Crippen LogP contribution >= 0.6 is 11.3 Å². The Morgan fingerprint density at radius 3 is 1.06 bits per heavy atom. The van der Waals surface area contributed by atoms with E-state index in [1.165, 1.54) is 224 Å². The van der Waals surface area contributed by atoms with Crippen LogP contribution in [0.5, 0.6) is 0 Å². The number of nitrogens with zero attached hydrogens (tertiary/aromatic N) is 15. The topological polar surface area (TPSA) is 72.9 Å². The second-order valence-electron chi connectivity index (χ2n) is 45.0. The first-order chi connectivity index (χ1) is 67.1. The zero-order chi connectivity index (χ0) is 100. The van der Waals surface area contributed by atoms with Crippen LogP contribution < -0.4 is 24.5 Å². The van der Waals surface area contributed by atoms with Gasteiger partial charge in [-0.2, -0.15) is 0 Å². The SMILES string of the molecule is CC.CC.CC.CC.CC.Cc1cccc2c1N1Cc3c(n(C)c4ccn(C)c34)C1(C)C(C)(C)C2(C)C.Cc1cccc2c1N1Cc3c(nc4sccn34)C1(C)C(C)(C)C2(C)C.Cc1ccccc1N1Cc2c(n(C)c3ccn(C)c23)C12C1CC3CC(C1)CC2C3.Cc1ccccc1N1Cc2c(n(C)c3ccn(C)c23)C12CCCC2.Cc1ccccc1N1Cc2c(n(C)c3ccn(C)c23)C12CCCCC2. The lowest BCUT2D eigenvalue weighted by molar-refractivity contribution is -0.0614. The predicted molar refractivity (Wildman–Crippen MR) is 596 cm³/mol. The summed E-state index contributed by atoms with van der Waals surface area (Å²) in [5.74, 6) is 3.59. The average Bonchev–Trinajstić information content (AvgIpc) is 1.47. The number of hydrogen-bond acceptors (Lipinski definition) is 7. The van der Waals surface area contributed by atoms with E-state index in [2.05, 4.69) is 395 Å². The molecule has 140 heavy (non-hydrogen) atoms. The summed E-state index contributed by atoms with van der Waals surface area (Å²) in [7, 11) is 17.9. The summed E-state index contributed by atoms with van der Waals surface area (Å²) in [6.45, 7) is 60.8. The molecular formula is C124H169N15S. The van der Waals surface area contributed by atoms with Crippen molar-refractivity contribution in [2.45, 2.75) is 334 Å². The summed E-state index contributed by atoms with van der Waals surface area (Å²) >= 11 is 1.73. The fourth-order valence-corrected chi connectivity index (χ4v) is 31.7. The number of aryl methyl sites for hydroxylation is 13. The van der Waals surface area contributed by atoms with Gasteiger partial charge < -0.3 is 61.0 Å². The van der Waals surface area contributed by atoms with Gasteiger partial charge in [0.25, 0.3) is 0 Å². The maximum Gasteiger partial charge on any atom is 0.194 e. The Bertz CT molecular complexity index is 7100. The van der Waals surface area contributed by atoms with Crippen LogP contribution in [0.15, 0.2) is 170 Å². The molecule has 15 nitrogen and oxygen atoms in total. The van der Waals surface area contributed by atoms with E-state index in [1.54, 1.807) is 45.1 Å². The number of para-hydroxylation sites is 5. The second kappa shape index (κ2) is 36.4. The lowest BCUT2D eigenvalue weighted by Crippen LogP contribution is -2.62. The zero-order valence-electron chi connectivity index (χ0n) is 92.0. The lowest BCUT2D eigenvalue weighted by atomic mass is 9.47. The van der Waals surface area contributed by atoms with E-state index in [0.717, 1.165) is 61.4 Å². The molecule has 6 fully saturated rings. The third-order valence-corrected chi connectivity index (χ3v) is 39.3. The second-order valence-corrected chi connectivity index (χ2v) is 45.9. The Balaban J connectivity index is 0.000000113. The van der Waals surface area contributed by atoms with Gasteiger partial charge in [0.1, 0.15) is 0 Å². The van der Waals surface area contributed by atoms with E-state index >= 15 is 0 Å². The molecule has 0 N–H and O–H groups in total. The van der Waals surface area contributed by atoms with Gasteiger partial charge in [-0.15, -0.1) is 11.3 Å². The van der Waals surface area contributed by atoms with Crippen LogP contribution in [-0.4, -0.2) is 45.9 Å². The van der Waals surface area contributed by atoms with Gasteiger partial charge in [-0.05, 0) is 222 Å². The minimum absolute atomic E-state index is 0.0378. The third kappa shape index (κ3) is 13.6. The normalized spacial score (nSPS) is 23.4. The smallest absolute Gasteiger partial charge is 0.194 e. The zero-order valence-corrected chi connectivity index (χ0v) is 92.8. The number of aromatic nitrogens is 10. The van der Waals surface area contributed by atoms with Gasteiger partial charge in [-0.3, -0.25) is 4.40 Å². The first-order valence-electron chi connectivity index (χ1n) is 54.3. The minimum Gasteiger partial charge on any atom is -0.356 e. The van der Waals surface area contributed by atoms with E-state index in [1.807, 2.05) is 69.2 Å². The van der Waals surface area contributed by atoms with Crippen LogP contribution in [0.2, 0.25) is 0 Å². The van der Waals surface area contributed by atoms with Crippen LogP contribution in [0.1, 0.15) is 324 Å². The van der Waals surface area contributed by atoms with Crippen molar-refractivity contribution in [1.29, 1.82) is 0 Å². The monoisotopic (exact) mass is 1900 g/mol. The Morgan fingerprint density at radius 1 is 0.321 bits per heavy atom. The minimum atomic E-state index is -0.114. The van der Waals surface area contributed by atoms with Crippen molar-refractivity contribution in [3.63, 3.8) is 0 Å². The van der Waals surface area contributed by atoms with Crippen LogP contribution in [0.4, 0.5) is 28.4 Å². The number of anilines is 5. The summed E-state index contributed by atoms with van der Waals surface area (Å²) in [6, 6.07) is 49.7. The number of thiazole rings is 1. The quantitative estimate of drug-likeness (QED) is 0.176. The molecule has 13 aliphatic rings. The largest absolute Gasteiger partial charge is 0.356 e. The molecule has 4 bridgehead atoms. The summed E-state index contributed by atoms with van der Waals surface area (Å²) in [6.07, 6.45) is 30.1. The molecule has 2 atom stereocenters. The molecule has 3 spiro atoms. The van der Waals surface area contributed by atoms with Gasteiger partial charge in [0, 0.05) is 180 Å². The van der Waals surface area contributed by atoms with Crippen LogP contribution in [0.25, 0.3) is 49.1 Å². The van der Waals surface area contributed by atoms with Crippen molar-refractivity contribution < 1.29 is 0 Å². The van der Waals surface area contributed by atoms with E-state index in [0.29, 0.717) is 0 Å². The summed E-state index contributed by atoms with van der Waals surface area (Å²) in [5.41, 5.74) is 44.1. The van der Waals surface area contributed by atoms with Crippen molar-refractivity contribution in [3.8, 4) is 0 Å². The summed E-state index contributed by atoms with van der Waals surface area (Å²) < 4.78 is 21.6. The van der Waals surface area contributed by atoms with Crippen molar-refractivity contribution in [2.24, 2.45) is 90.9 Å². The standard InChI is InChI=1S/C26H31N3.C24H31N3.C22H27N3.C21H25N3S.C21H25N3.5C2H6/c1-16-6-4-5-7-22(16)29-15-21-24-23(8-9-27(24)2)28(3)25(21)26(29)19-11-17-10-18(13-19)14-20(26)12-17;1-15-10-9-11-17-19(15)27-14-16-20-18(12-13-25(20)7)26(8)21(16)24(27,6)23(4,5)22(17,2)3;1-16-9-5-6-10-18(16)25-15-17-20-19(11-14-23(20)2)24(3)21(17)22(25)12-7-4-8-13-22;1-13-8-7-9-14-16(13)24-12-15-17(22-18-23(15)10-11-25-18)21(24,6)20(4,5)19(14,2)3;1-15-8-4-5-9-17(15)24-14-16-19-18(10-13-22(19)2)23(3)20(16)21(24)11-6-7-12-21;5*1-2/h4-9,17-20H,10-15H2,1-3H3;9-13H,14H2,1-8H3;5-6,9-11,14H,4,7-8,12-13,15H2,1-3H3;7-11H,12H2,1-6H3;4-5,8-10,13H,6-7,11-12,14H2,1-3H3;5*1-2H3. The van der Waals surface area contributed by atoms with Gasteiger partial charge in [0.2, 0.25) is 0 Å². The molecule has 746 valence electrons. The Kier molecular flexibility index (Phi) is 25.9. The van der Waals surface area contributed by atoms with Crippen LogP contribution in [0, 0.1) is 69.1 Å². The Hall–Kier alpha value is -10.5. The molecule has 16 heteroatoms. The first-order valence-corrected chi connectivity index (χ1v) is 55.2. The van der Waals surface area contributed by atoms with Crippen LogP contribution in [-0.2, 0) is 128 Å². The first kappa shape index (κ1) is 99.7. The molecule has 0 amide bonds. The molecule has 10 aromatic heterocycles. The highest BCUT2D eigenvalue weighted by molar-refractivity contribution is 7.15. The fraction of sp³-hybridized carbons (Fsp3) is 0.524. The molecule has 17 heterocycles. The molecule has 2 unspecified atom stereocenters. The van der Waals surface area contributed by atoms with Gasteiger partial charge >= 0.3 is 0 Å². The Labute approximate surface area is 844 Å². The maximum absolute atomic E-state index is 5.11. The lowest BCUT2D eigenvalue weighted by Gasteiger charge is -2.63. The summed E-state index contributed by atoms with van der Waals surface area (Å²) in [5, 5.41) is 2.14. The molecule has 0 radical (unpaired) electrons. The average molecular weight is 1900 g/mol. The highest BCUT2D eigenvalue weighted by atomic mass is 32.1.